The van der Waals surface area contributed by atoms with E-state index in [-0.39, 0.29) is 12.4 Å². The summed E-state index contributed by atoms with van der Waals surface area (Å²) >= 11 is 0. The van der Waals surface area contributed by atoms with Gasteiger partial charge in [-0.05, 0) is 24.0 Å². The molecular formula is C16H19ClN2O. The first-order valence-electron chi connectivity index (χ1n) is 6.27. The number of rotatable bonds is 5. The van der Waals surface area contributed by atoms with E-state index in [2.05, 4.69) is 0 Å². The molecule has 0 unspecified atom stereocenters. The second-order valence-corrected chi connectivity index (χ2v) is 4.85. The summed E-state index contributed by atoms with van der Waals surface area (Å²) in [6, 6.07) is 19.4. The van der Waals surface area contributed by atoms with Crippen LogP contribution in [0.15, 0.2) is 60.7 Å². The molecule has 2 rings (SSSR count). The third kappa shape index (κ3) is 4.08. The van der Waals surface area contributed by atoms with Crippen LogP contribution in [-0.4, -0.2) is 11.4 Å². The van der Waals surface area contributed by atoms with E-state index in [0.29, 0.717) is 12.8 Å². The Morgan fingerprint density at radius 1 is 0.850 bits per heavy atom. The lowest BCUT2D eigenvalue weighted by molar-refractivity contribution is -0.123. The molecule has 0 fully saturated rings. The lowest BCUT2D eigenvalue weighted by atomic mass is 9.85. The van der Waals surface area contributed by atoms with Crippen molar-refractivity contribution < 1.29 is 4.79 Å². The number of primary amides is 1. The minimum Gasteiger partial charge on any atom is -0.368 e. The van der Waals surface area contributed by atoms with Gasteiger partial charge < -0.3 is 11.5 Å². The van der Waals surface area contributed by atoms with Crippen LogP contribution >= 0.6 is 12.4 Å². The van der Waals surface area contributed by atoms with Crippen LogP contribution in [0.3, 0.4) is 0 Å². The maximum atomic E-state index is 11.7. The Morgan fingerprint density at radius 3 is 1.50 bits per heavy atom. The van der Waals surface area contributed by atoms with Crippen molar-refractivity contribution in [2.24, 2.45) is 11.5 Å². The summed E-state index contributed by atoms with van der Waals surface area (Å²) in [5.74, 6) is -0.472. The molecule has 0 atom stereocenters. The Hall–Kier alpha value is -1.84. The van der Waals surface area contributed by atoms with E-state index >= 15 is 0 Å². The third-order valence-corrected chi connectivity index (χ3v) is 3.22. The quantitative estimate of drug-likeness (QED) is 0.885. The first kappa shape index (κ1) is 16.2. The SMILES string of the molecule is Cl.NC(=O)C(N)(Cc1ccccc1)Cc1ccccc1. The second kappa shape index (κ2) is 7.08. The molecule has 0 bridgehead atoms. The Labute approximate surface area is 125 Å². The van der Waals surface area contributed by atoms with Crippen molar-refractivity contribution in [1.82, 2.24) is 0 Å². The molecule has 20 heavy (non-hydrogen) atoms. The summed E-state index contributed by atoms with van der Waals surface area (Å²) in [4.78, 5) is 11.7. The number of hydrogen-bond acceptors (Lipinski definition) is 2. The summed E-state index contributed by atoms with van der Waals surface area (Å²) in [5.41, 5.74) is 12.7. The van der Waals surface area contributed by atoms with Crippen LogP contribution in [0.25, 0.3) is 0 Å². The molecule has 4 heteroatoms. The fraction of sp³-hybridized carbons (Fsp3) is 0.188. The van der Waals surface area contributed by atoms with Crippen molar-refractivity contribution >= 4 is 18.3 Å². The van der Waals surface area contributed by atoms with Crippen LogP contribution in [-0.2, 0) is 17.6 Å². The highest BCUT2D eigenvalue weighted by atomic mass is 35.5. The summed E-state index contributed by atoms with van der Waals surface area (Å²) in [5, 5.41) is 0. The highest BCUT2D eigenvalue weighted by Crippen LogP contribution is 2.17. The van der Waals surface area contributed by atoms with Crippen LogP contribution in [0, 0.1) is 0 Å². The van der Waals surface area contributed by atoms with Gasteiger partial charge in [0.15, 0.2) is 0 Å². The molecule has 0 aliphatic heterocycles. The lowest BCUT2D eigenvalue weighted by Gasteiger charge is -2.26. The maximum Gasteiger partial charge on any atom is 0.238 e. The molecule has 0 aliphatic rings. The molecular weight excluding hydrogens is 272 g/mol. The molecule has 0 saturated heterocycles. The topological polar surface area (TPSA) is 69.1 Å². The number of amides is 1. The lowest BCUT2D eigenvalue weighted by Crippen LogP contribution is -2.55. The van der Waals surface area contributed by atoms with Crippen molar-refractivity contribution in [3.05, 3.63) is 71.8 Å². The number of benzene rings is 2. The van der Waals surface area contributed by atoms with Crippen molar-refractivity contribution in [2.75, 3.05) is 0 Å². The molecule has 2 aromatic carbocycles. The zero-order valence-corrected chi connectivity index (χ0v) is 12.0. The standard InChI is InChI=1S/C16H18N2O.ClH/c17-15(19)16(18,11-13-7-3-1-4-8-13)12-14-9-5-2-6-10-14;/h1-10H,11-12,18H2,(H2,17,19);1H. The van der Waals surface area contributed by atoms with E-state index in [1.807, 2.05) is 60.7 Å². The molecule has 0 radical (unpaired) electrons. The zero-order chi connectivity index (χ0) is 13.7. The summed E-state index contributed by atoms with van der Waals surface area (Å²) in [6.07, 6.45) is 0.885. The molecule has 3 nitrogen and oxygen atoms in total. The predicted molar refractivity (Wildman–Crippen MR) is 83.7 cm³/mol. The zero-order valence-electron chi connectivity index (χ0n) is 11.2. The minimum absolute atomic E-state index is 0. The summed E-state index contributed by atoms with van der Waals surface area (Å²) in [7, 11) is 0. The van der Waals surface area contributed by atoms with Gasteiger partial charge >= 0.3 is 0 Å². The number of halogens is 1. The largest absolute Gasteiger partial charge is 0.368 e. The van der Waals surface area contributed by atoms with Gasteiger partial charge in [0.2, 0.25) is 5.91 Å². The number of carbonyl (C=O) groups is 1. The summed E-state index contributed by atoms with van der Waals surface area (Å²) in [6.45, 7) is 0. The van der Waals surface area contributed by atoms with Gasteiger partial charge in [0, 0.05) is 0 Å². The van der Waals surface area contributed by atoms with Gasteiger partial charge in [0.25, 0.3) is 0 Å². The van der Waals surface area contributed by atoms with Gasteiger partial charge in [-0.1, -0.05) is 60.7 Å². The highest BCUT2D eigenvalue weighted by Gasteiger charge is 2.32. The fourth-order valence-electron chi connectivity index (χ4n) is 2.16. The molecule has 106 valence electrons. The highest BCUT2D eigenvalue weighted by molar-refractivity contribution is 5.85. The Kier molecular flexibility index (Phi) is 5.74. The molecule has 1 amide bonds. The van der Waals surface area contributed by atoms with Crippen LogP contribution < -0.4 is 11.5 Å². The Balaban J connectivity index is 0.00000200. The van der Waals surface area contributed by atoms with Crippen molar-refractivity contribution in [3.63, 3.8) is 0 Å². The predicted octanol–water partition coefficient (Wildman–Crippen LogP) is 2.08. The maximum absolute atomic E-state index is 11.7. The summed E-state index contributed by atoms with van der Waals surface area (Å²) < 4.78 is 0. The van der Waals surface area contributed by atoms with E-state index in [1.54, 1.807) is 0 Å². The van der Waals surface area contributed by atoms with Gasteiger partial charge in [-0.25, -0.2) is 0 Å². The van der Waals surface area contributed by atoms with Gasteiger partial charge in [-0.3, -0.25) is 4.79 Å². The van der Waals surface area contributed by atoms with Crippen LogP contribution in [0.2, 0.25) is 0 Å². The van der Waals surface area contributed by atoms with Gasteiger partial charge in [-0.2, -0.15) is 0 Å². The van der Waals surface area contributed by atoms with Crippen LogP contribution in [0.4, 0.5) is 0 Å². The minimum atomic E-state index is -1.05. The fourth-order valence-corrected chi connectivity index (χ4v) is 2.16. The van der Waals surface area contributed by atoms with Gasteiger partial charge in [-0.15, -0.1) is 12.4 Å². The molecule has 0 saturated carbocycles. The smallest absolute Gasteiger partial charge is 0.238 e. The molecule has 4 N–H and O–H groups in total. The first-order chi connectivity index (χ1) is 9.10. The normalized spacial score (nSPS) is 10.7. The monoisotopic (exact) mass is 290 g/mol. The average Bonchev–Trinajstić information content (AvgIpc) is 2.40. The molecule has 0 aliphatic carbocycles. The Morgan fingerprint density at radius 2 is 1.20 bits per heavy atom. The molecule has 0 aromatic heterocycles. The number of nitrogens with two attached hydrogens (primary N) is 2. The first-order valence-corrected chi connectivity index (χ1v) is 6.27. The van der Waals surface area contributed by atoms with Crippen LogP contribution in [0.5, 0.6) is 0 Å². The van der Waals surface area contributed by atoms with Crippen molar-refractivity contribution in [3.8, 4) is 0 Å². The van der Waals surface area contributed by atoms with E-state index in [1.165, 1.54) is 0 Å². The second-order valence-electron chi connectivity index (χ2n) is 4.85. The number of hydrogen-bond donors (Lipinski definition) is 2. The van der Waals surface area contributed by atoms with Gasteiger partial charge in [0.1, 0.15) is 5.54 Å². The Bertz CT molecular complexity index is 501. The molecule has 2 aromatic rings. The average molecular weight is 291 g/mol. The van der Waals surface area contributed by atoms with Gasteiger partial charge in [0.05, 0.1) is 0 Å². The van der Waals surface area contributed by atoms with E-state index < -0.39 is 11.4 Å². The van der Waals surface area contributed by atoms with E-state index in [0.717, 1.165) is 11.1 Å². The van der Waals surface area contributed by atoms with E-state index in [4.69, 9.17) is 11.5 Å². The molecule has 0 spiro atoms. The van der Waals surface area contributed by atoms with Crippen LogP contribution in [0.1, 0.15) is 11.1 Å². The third-order valence-electron chi connectivity index (χ3n) is 3.22. The van der Waals surface area contributed by atoms with Crippen molar-refractivity contribution in [1.29, 1.82) is 0 Å². The van der Waals surface area contributed by atoms with E-state index in [9.17, 15) is 4.79 Å². The number of carbonyl (C=O) groups excluding carboxylic acids is 1. The van der Waals surface area contributed by atoms with Crippen molar-refractivity contribution in [2.45, 2.75) is 18.4 Å². The molecule has 0 heterocycles.